The third-order valence-electron chi connectivity index (χ3n) is 2.59. The highest BCUT2D eigenvalue weighted by atomic mass is 16.6. The molecule has 1 aromatic heterocycles. The van der Waals surface area contributed by atoms with Crippen LogP contribution in [0.1, 0.15) is 11.3 Å². The lowest BCUT2D eigenvalue weighted by atomic mass is 10.1. The van der Waals surface area contributed by atoms with Crippen molar-refractivity contribution in [2.24, 2.45) is 5.10 Å². The van der Waals surface area contributed by atoms with Gasteiger partial charge in [-0.1, -0.05) is 18.2 Å². The van der Waals surface area contributed by atoms with Gasteiger partial charge >= 0.3 is 0 Å². The van der Waals surface area contributed by atoms with Gasteiger partial charge in [0.25, 0.3) is 5.69 Å². The molecule has 0 unspecified atom stereocenters. The zero-order valence-electron chi connectivity index (χ0n) is 11.0. The first-order valence-corrected chi connectivity index (χ1v) is 6.11. The van der Waals surface area contributed by atoms with Crippen LogP contribution in [0.25, 0.3) is 0 Å². The zero-order valence-corrected chi connectivity index (χ0v) is 11.0. The second-order valence-electron chi connectivity index (χ2n) is 4.15. The van der Waals surface area contributed by atoms with Crippen LogP contribution < -0.4 is 5.43 Å². The van der Waals surface area contributed by atoms with Crippen LogP contribution in [0.3, 0.4) is 0 Å². The minimum absolute atomic E-state index is 0.00710. The van der Waals surface area contributed by atoms with Crippen molar-refractivity contribution in [3.05, 3.63) is 70.0 Å². The van der Waals surface area contributed by atoms with Crippen molar-refractivity contribution in [2.75, 3.05) is 0 Å². The minimum atomic E-state index is -0.485. The molecule has 0 radical (unpaired) electrons. The van der Waals surface area contributed by atoms with Gasteiger partial charge in [-0.2, -0.15) is 5.10 Å². The van der Waals surface area contributed by atoms with E-state index in [4.69, 9.17) is 0 Å². The summed E-state index contributed by atoms with van der Waals surface area (Å²) < 4.78 is 0. The molecule has 0 aliphatic heterocycles. The Balaban J connectivity index is 1.87. The Morgan fingerprint density at radius 2 is 2.05 bits per heavy atom. The maximum Gasteiger partial charge on any atom is 0.269 e. The quantitative estimate of drug-likeness (QED) is 0.513. The molecule has 0 fully saturated rings. The number of aromatic nitrogens is 1. The molecule has 1 amide bonds. The molecule has 106 valence electrons. The van der Waals surface area contributed by atoms with Crippen molar-refractivity contribution in [3.8, 4) is 0 Å². The lowest BCUT2D eigenvalue weighted by Gasteiger charge is -2.00. The third-order valence-corrected chi connectivity index (χ3v) is 2.59. The summed E-state index contributed by atoms with van der Waals surface area (Å²) in [5.74, 6) is -0.309. The highest BCUT2D eigenvalue weighted by molar-refractivity contribution is 5.82. The fourth-order valence-corrected chi connectivity index (χ4v) is 1.58. The predicted molar refractivity (Wildman–Crippen MR) is 76.8 cm³/mol. The largest absolute Gasteiger partial charge is 0.273 e. The highest BCUT2D eigenvalue weighted by Crippen LogP contribution is 2.12. The summed E-state index contributed by atoms with van der Waals surface area (Å²) in [6, 6.07) is 11.2. The van der Waals surface area contributed by atoms with Crippen molar-refractivity contribution in [1.82, 2.24) is 10.4 Å². The molecule has 0 saturated heterocycles. The summed E-state index contributed by atoms with van der Waals surface area (Å²) in [4.78, 5) is 25.7. The monoisotopic (exact) mass is 284 g/mol. The Labute approximate surface area is 120 Å². The maximum absolute atomic E-state index is 11.6. The van der Waals surface area contributed by atoms with E-state index in [1.54, 1.807) is 30.5 Å². The Hall–Kier alpha value is -3.09. The molecule has 2 rings (SSSR count). The van der Waals surface area contributed by atoms with Gasteiger partial charge in [0.15, 0.2) is 0 Å². The molecule has 2 aromatic rings. The van der Waals surface area contributed by atoms with Gasteiger partial charge in [0, 0.05) is 18.3 Å². The number of amides is 1. The van der Waals surface area contributed by atoms with Gasteiger partial charge in [-0.15, -0.1) is 0 Å². The van der Waals surface area contributed by atoms with Gasteiger partial charge in [-0.25, -0.2) is 5.43 Å². The van der Waals surface area contributed by atoms with Crippen LogP contribution in [0.4, 0.5) is 5.69 Å². The second kappa shape index (κ2) is 6.90. The van der Waals surface area contributed by atoms with E-state index in [1.165, 1.54) is 18.3 Å². The Kier molecular flexibility index (Phi) is 4.70. The SMILES string of the molecule is O=C(Cc1ccc([N+](=O)[O-])cc1)N/N=C\c1ccccn1. The van der Waals surface area contributed by atoms with E-state index in [2.05, 4.69) is 15.5 Å². The molecular formula is C14H12N4O3. The maximum atomic E-state index is 11.6. The number of hydrazone groups is 1. The summed E-state index contributed by atoms with van der Waals surface area (Å²) in [6.07, 6.45) is 3.16. The molecule has 1 N–H and O–H groups in total. The van der Waals surface area contributed by atoms with E-state index in [1.807, 2.05) is 6.07 Å². The number of pyridine rings is 1. The van der Waals surface area contributed by atoms with E-state index in [0.29, 0.717) is 11.3 Å². The van der Waals surface area contributed by atoms with Crippen LogP contribution >= 0.6 is 0 Å². The van der Waals surface area contributed by atoms with Crippen molar-refractivity contribution in [1.29, 1.82) is 0 Å². The highest BCUT2D eigenvalue weighted by Gasteiger charge is 2.06. The van der Waals surface area contributed by atoms with Gasteiger partial charge in [-0.05, 0) is 17.7 Å². The number of non-ortho nitro benzene ring substituents is 1. The number of nitro benzene ring substituents is 1. The number of benzene rings is 1. The van der Waals surface area contributed by atoms with Gasteiger partial charge in [0.2, 0.25) is 5.91 Å². The first-order chi connectivity index (χ1) is 10.1. The average Bonchev–Trinajstić information content (AvgIpc) is 2.49. The number of nitro groups is 1. The lowest BCUT2D eigenvalue weighted by molar-refractivity contribution is -0.384. The molecule has 0 aliphatic carbocycles. The Morgan fingerprint density at radius 1 is 1.29 bits per heavy atom. The summed E-state index contributed by atoms with van der Waals surface area (Å²) in [5.41, 5.74) is 3.67. The van der Waals surface area contributed by atoms with Crippen LogP contribution in [-0.2, 0) is 11.2 Å². The fraction of sp³-hybridized carbons (Fsp3) is 0.0714. The van der Waals surface area contributed by atoms with Gasteiger partial charge in [0.05, 0.1) is 23.3 Å². The lowest BCUT2D eigenvalue weighted by Crippen LogP contribution is -2.19. The Bertz CT molecular complexity index is 654. The molecule has 0 bridgehead atoms. The van der Waals surface area contributed by atoms with Crippen molar-refractivity contribution in [3.63, 3.8) is 0 Å². The third kappa shape index (κ3) is 4.50. The smallest absolute Gasteiger partial charge is 0.269 e. The fourth-order valence-electron chi connectivity index (χ4n) is 1.58. The van der Waals surface area contributed by atoms with E-state index in [-0.39, 0.29) is 18.0 Å². The van der Waals surface area contributed by atoms with E-state index in [9.17, 15) is 14.9 Å². The normalized spacial score (nSPS) is 10.5. The van der Waals surface area contributed by atoms with Crippen LogP contribution in [0.2, 0.25) is 0 Å². The van der Waals surface area contributed by atoms with Crippen LogP contribution in [0, 0.1) is 10.1 Å². The van der Waals surface area contributed by atoms with Crippen LogP contribution in [0.5, 0.6) is 0 Å². The van der Waals surface area contributed by atoms with Crippen LogP contribution in [0.15, 0.2) is 53.8 Å². The minimum Gasteiger partial charge on any atom is -0.273 e. The standard InChI is InChI=1S/C14H12N4O3/c19-14(17-16-10-12-3-1-2-8-15-12)9-11-4-6-13(7-5-11)18(20)21/h1-8,10H,9H2,(H,17,19)/b16-10-. The number of hydrogen-bond acceptors (Lipinski definition) is 5. The number of carbonyl (C=O) groups excluding carboxylic acids is 1. The van der Waals surface area contributed by atoms with Crippen molar-refractivity contribution in [2.45, 2.75) is 6.42 Å². The van der Waals surface area contributed by atoms with Crippen molar-refractivity contribution < 1.29 is 9.72 Å². The molecule has 0 saturated carbocycles. The van der Waals surface area contributed by atoms with Gasteiger partial charge in [-0.3, -0.25) is 19.9 Å². The molecule has 0 atom stereocenters. The zero-order chi connectivity index (χ0) is 15.1. The molecule has 0 aliphatic rings. The van der Waals surface area contributed by atoms with Crippen LogP contribution in [-0.4, -0.2) is 22.0 Å². The molecule has 1 heterocycles. The number of nitrogens with one attached hydrogen (secondary N) is 1. The second-order valence-corrected chi connectivity index (χ2v) is 4.15. The number of carbonyl (C=O) groups is 1. The molecule has 7 heteroatoms. The van der Waals surface area contributed by atoms with E-state index < -0.39 is 4.92 Å². The molecule has 0 spiro atoms. The number of nitrogens with zero attached hydrogens (tertiary/aromatic N) is 3. The van der Waals surface area contributed by atoms with E-state index in [0.717, 1.165) is 0 Å². The molecule has 21 heavy (non-hydrogen) atoms. The first kappa shape index (κ1) is 14.3. The first-order valence-electron chi connectivity index (χ1n) is 6.11. The summed E-state index contributed by atoms with van der Waals surface area (Å²) in [6.45, 7) is 0. The summed E-state index contributed by atoms with van der Waals surface area (Å²) in [7, 11) is 0. The molecular weight excluding hydrogens is 272 g/mol. The van der Waals surface area contributed by atoms with Gasteiger partial charge in [0.1, 0.15) is 0 Å². The number of rotatable bonds is 5. The summed E-state index contributed by atoms with van der Waals surface area (Å²) >= 11 is 0. The average molecular weight is 284 g/mol. The van der Waals surface area contributed by atoms with E-state index >= 15 is 0 Å². The van der Waals surface area contributed by atoms with Gasteiger partial charge < -0.3 is 0 Å². The summed E-state index contributed by atoms with van der Waals surface area (Å²) in [5, 5.41) is 14.3. The van der Waals surface area contributed by atoms with Crippen molar-refractivity contribution >= 4 is 17.8 Å². The molecule has 7 nitrogen and oxygen atoms in total. The predicted octanol–water partition coefficient (Wildman–Crippen LogP) is 1.68. The Morgan fingerprint density at radius 3 is 2.67 bits per heavy atom. The molecule has 1 aromatic carbocycles. The topological polar surface area (TPSA) is 97.5 Å². The number of hydrogen-bond donors (Lipinski definition) is 1.